The summed E-state index contributed by atoms with van der Waals surface area (Å²) in [5.74, 6) is -1.98. The van der Waals surface area contributed by atoms with E-state index in [4.69, 9.17) is 30.2 Å². The second kappa shape index (κ2) is 11.8. The van der Waals surface area contributed by atoms with Crippen LogP contribution in [0, 0.1) is 0 Å². The predicted octanol–water partition coefficient (Wildman–Crippen LogP) is 1.72. The Morgan fingerprint density at radius 2 is 1.47 bits per heavy atom. The third-order valence-corrected chi connectivity index (χ3v) is 11.4. The number of hydrogen-bond acceptors (Lipinski definition) is 8. The van der Waals surface area contributed by atoms with E-state index in [2.05, 4.69) is 20.8 Å². The van der Waals surface area contributed by atoms with Crippen LogP contribution in [-0.4, -0.2) is 73.7 Å². The van der Waals surface area contributed by atoms with Crippen LogP contribution in [0.3, 0.4) is 0 Å². The molecule has 0 bridgehead atoms. The van der Waals surface area contributed by atoms with E-state index < -0.39 is 56.8 Å². The molecule has 1 heterocycles. The van der Waals surface area contributed by atoms with Gasteiger partial charge in [-0.15, -0.1) is 11.6 Å². The topological polar surface area (TPSA) is 112 Å². The van der Waals surface area contributed by atoms with E-state index in [0.29, 0.717) is 0 Å². The maximum absolute atomic E-state index is 11.9. The first-order chi connectivity index (χ1) is 17.0. The zero-order valence-electron chi connectivity index (χ0n) is 20.8. The number of carbonyl (C=O) groups excluding carboxylic acids is 2. The largest absolute Gasteiger partial charge is 0.456 e. The van der Waals surface area contributed by atoms with Crippen molar-refractivity contribution in [2.45, 2.75) is 63.4 Å². The first kappa shape index (κ1) is 28.3. The van der Waals surface area contributed by atoms with E-state index in [1.807, 2.05) is 60.7 Å². The molecule has 1 saturated heterocycles. The summed E-state index contributed by atoms with van der Waals surface area (Å²) in [6.45, 7) is 7.40. The molecule has 1 fully saturated rings. The van der Waals surface area contributed by atoms with Gasteiger partial charge in [-0.1, -0.05) is 81.4 Å². The molecule has 1 aliphatic rings. The van der Waals surface area contributed by atoms with E-state index in [1.165, 1.54) is 6.92 Å². The third-order valence-electron chi connectivity index (χ3n) is 6.19. The number of hydrogen-bond donors (Lipinski definition) is 2. The van der Waals surface area contributed by atoms with Crippen molar-refractivity contribution in [1.29, 1.82) is 0 Å². The number of ether oxygens (including phenoxy) is 3. The number of esters is 2. The average molecular weight is 537 g/mol. The zero-order valence-corrected chi connectivity index (χ0v) is 22.6. The van der Waals surface area contributed by atoms with E-state index in [9.17, 15) is 19.8 Å². The van der Waals surface area contributed by atoms with Crippen molar-refractivity contribution in [3.05, 3.63) is 60.7 Å². The molecule has 0 aromatic heterocycles. The lowest BCUT2D eigenvalue weighted by Gasteiger charge is -2.46. The van der Waals surface area contributed by atoms with Crippen LogP contribution in [0.25, 0.3) is 0 Å². The van der Waals surface area contributed by atoms with Crippen LogP contribution in [0.1, 0.15) is 27.7 Å². The molecule has 10 heteroatoms. The van der Waals surface area contributed by atoms with Crippen molar-refractivity contribution in [2.24, 2.45) is 0 Å². The third kappa shape index (κ3) is 5.99. The molecule has 0 amide bonds. The molecule has 1 aliphatic heterocycles. The van der Waals surface area contributed by atoms with Crippen LogP contribution in [0.15, 0.2) is 60.7 Å². The summed E-state index contributed by atoms with van der Waals surface area (Å²) in [7, 11) is -3.00. The highest BCUT2D eigenvalue weighted by atomic mass is 35.5. The summed E-state index contributed by atoms with van der Waals surface area (Å²) >= 11 is 5.58. The van der Waals surface area contributed by atoms with Crippen molar-refractivity contribution < 1.29 is 38.4 Å². The van der Waals surface area contributed by atoms with Crippen molar-refractivity contribution in [3.8, 4) is 0 Å². The number of carbonyl (C=O) groups is 2. The molecule has 2 aromatic carbocycles. The second-order valence-corrected chi connectivity index (χ2v) is 14.3. The van der Waals surface area contributed by atoms with Gasteiger partial charge in [0.25, 0.3) is 8.32 Å². The first-order valence-corrected chi connectivity index (χ1v) is 14.1. The Balaban J connectivity index is 2.04. The SMILES string of the molecule is CC(=O)O[C@@H]1[C@H](OC(=O)CCl)[C@@H](O)[C@@H](O)O[C@@H]1CO[Si](c1ccccc1)(c1ccccc1)C(C)(C)C. The maximum Gasteiger partial charge on any atom is 0.321 e. The first-order valence-electron chi connectivity index (χ1n) is 11.7. The molecular weight excluding hydrogens is 504 g/mol. The summed E-state index contributed by atoms with van der Waals surface area (Å²) in [5, 5.41) is 22.6. The molecule has 8 nitrogen and oxygen atoms in total. The molecular formula is C26H33ClO8Si. The van der Waals surface area contributed by atoms with Gasteiger partial charge in [0.05, 0.1) is 6.61 Å². The molecule has 36 heavy (non-hydrogen) atoms. The minimum Gasteiger partial charge on any atom is -0.456 e. The Bertz CT molecular complexity index is 974. The molecule has 196 valence electrons. The quantitative estimate of drug-likeness (QED) is 0.298. The lowest BCUT2D eigenvalue weighted by molar-refractivity contribution is -0.291. The van der Waals surface area contributed by atoms with Crippen LogP contribution < -0.4 is 10.4 Å². The Morgan fingerprint density at radius 1 is 0.944 bits per heavy atom. The average Bonchev–Trinajstić information content (AvgIpc) is 2.84. The molecule has 0 unspecified atom stereocenters. The summed E-state index contributed by atoms with van der Waals surface area (Å²) in [6.07, 6.45) is -7.01. The Kier molecular flexibility index (Phi) is 9.32. The van der Waals surface area contributed by atoms with E-state index in [-0.39, 0.29) is 11.6 Å². The van der Waals surface area contributed by atoms with Crippen molar-refractivity contribution in [1.82, 2.24) is 0 Å². The van der Waals surface area contributed by atoms with Crippen LogP contribution in [0.2, 0.25) is 5.04 Å². The maximum atomic E-state index is 11.9. The van der Waals surface area contributed by atoms with Gasteiger partial charge in [0, 0.05) is 6.92 Å². The molecule has 2 aromatic rings. The number of aliphatic hydroxyl groups excluding tert-OH is 2. The second-order valence-electron chi connectivity index (χ2n) is 9.69. The van der Waals surface area contributed by atoms with E-state index in [0.717, 1.165) is 10.4 Å². The van der Waals surface area contributed by atoms with Gasteiger partial charge in [-0.25, -0.2) is 0 Å². The standard InChI is InChI=1S/C26H33ClO8Si/c1-17(28)33-23-20(34-25(31)22(30)24(23)35-21(29)15-27)16-32-36(26(2,3)4,18-11-7-5-8-12-18)19-13-9-6-10-14-19/h5-14,20,22-25,30-31H,15-16H2,1-4H3/t20-,22-,23+,24-,25+/m1/s1. The van der Waals surface area contributed by atoms with Crippen molar-refractivity contribution >= 4 is 42.2 Å². The van der Waals surface area contributed by atoms with Crippen LogP contribution in [-0.2, 0) is 28.2 Å². The lowest BCUT2D eigenvalue weighted by atomic mass is 9.98. The van der Waals surface area contributed by atoms with Gasteiger partial charge >= 0.3 is 11.9 Å². The Morgan fingerprint density at radius 3 is 1.92 bits per heavy atom. The number of rotatable bonds is 8. The highest BCUT2D eigenvalue weighted by molar-refractivity contribution is 6.99. The summed E-state index contributed by atoms with van der Waals surface area (Å²) < 4.78 is 23.2. The number of benzene rings is 2. The smallest absolute Gasteiger partial charge is 0.321 e. The molecule has 0 radical (unpaired) electrons. The van der Waals surface area contributed by atoms with Gasteiger partial charge in [0.15, 0.2) is 18.5 Å². The minimum atomic E-state index is -3.00. The van der Waals surface area contributed by atoms with E-state index in [1.54, 1.807) is 0 Å². The Labute approximate surface area is 217 Å². The van der Waals surface area contributed by atoms with Gasteiger partial charge in [-0.05, 0) is 15.4 Å². The normalized spacial score (nSPS) is 24.7. The zero-order chi connectivity index (χ0) is 26.5. The fourth-order valence-corrected chi connectivity index (χ4v) is 9.30. The molecule has 0 spiro atoms. The summed E-state index contributed by atoms with van der Waals surface area (Å²) in [5.41, 5.74) is 0. The predicted molar refractivity (Wildman–Crippen MR) is 137 cm³/mol. The van der Waals surface area contributed by atoms with Gasteiger partial charge < -0.3 is 28.8 Å². The van der Waals surface area contributed by atoms with Gasteiger partial charge in [0.2, 0.25) is 0 Å². The van der Waals surface area contributed by atoms with Crippen LogP contribution in [0.5, 0.6) is 0 Å². The molecule has 0 saturated carbocycles. The van der Waals surface area contributed by atoms with Crippen LogP contribution in [0.4, 0.5) is 0 Å². The van der Waals surface area contributed by atoms with Gasteiger partial charge in [0.1, 0.15) is 18.1 Å². The van der Waals surface area contributed by atoms with Crippen LogP contribution >= 0.6 is 11.6 Å². The lowest BCUT2D eigenvalue weighted by Crippen LogP contribution is -2.68. The van der Waals surface area contributed by atoms with Gasteiger partial charge in [-0.3, -0.25) is 9.59 Å². The van der Waals surface area contributed by atoms with Gasteiger partial charge in [-0.2, -0.15) is 0 Å². The van der Waals surface area contributed by atoms with Crippen molar-refractivity contribution in [3.63, 3.8) is 0 Å². The highest BCUT2D eigenvalue weighted by Crippen LogP contribution is 2.37. The highest BCUT2D eigenvalue weighted by Gasteiger charge is 2.53. The Hall–Kier alpha value is -2.27. The monoisotopic (exact) mass is 536 g/mol. The summed E-state index contributed by atoms with van der Waals surface area (Å²) in [4.78, 5) is 23.9. The number of alkyl halides is 1. The van der Waals surface area contributed by atoms with Crippen molar-refractivity contribution in [2.75, 3.05) is 12.5 Å². The molecule has 5 atom stereocenters. The molecule has 2 N–H and O–H groups in total. The number of halogens is 1. The fraction of sp³-hybridized carbons (Fsp3) is 0.462. The fourth-order valence-electron chi connectivity index (χ4n) is 4.66. The molecule has 0 aliphatic carbocycles. The summed E-state index contributed by atoms with van der Waals surface area (Å²) in [6, 6.07) is 19.8. The minimum absolute atomic E-state index is 0.107. The number of aliphatic hydroxyl groups is 2. The molecule has 3 rings (SSSR count). The van der Waals surface area contributed by atoms with E-state index >= 15 is 0 Å².